The smallest absolute Gasteiger partial charge is 0.251 e. The van der Waals surface area contributed by atoms with Crippen molar-refractivity contribution < 1.29 is 9.53 Å². The number of piperazine rings is 1. The predicted molar refractivity (Wildman–Crippen MR) is 134 cm³/mol. The number of ether oxygens (including phenoxy) is 1. The summed E-state index contributed by atoms with van der Waals surface area (Å²) in [4.78, 5) is 21.6. The molecule has 0 unspecified atom stereocenters. The molecular formula is C27H29N5O2. The van der Waals surface area contributed by atoms with E-state index < -0.39 is 0 Å². The second-order valence-electron chi connectivity index (χ2n) is 9.30. The molecule has 0 saturated carbocycles. The molecule has 6 rings (SSSR count). The van der Waals surface area contributed by atoms with E-state index in [1.807, 2.05) is 18.3 Å². The van der Waals surface area contributed by atoms with Gasteiger partial charge in [-0.2, -0.15) is 0 Å². The number of nitrogen functional groups attached to an aromatic ring is 1. The lowest BCUT2D eigenvalue weighted by Crippen LogP contribution is -2.56. The van der Waals surface area contributed by atoms with Crippen molar-refractivity contribution in [2.75, 3.05) is 56.6 Å². The number of pyridine rings is 1. The van der Waals surface area contributed by atoms with Gasteiger partial charge in [0.1, 0.15) is 5.82 Å². The summed E-state index contributed by atoms with van der Waals surface area (Å²) in [5.41, 5.74) is 13.3. The van der Waals surface area contributed by atoms with Gasteiger partial charge >= 0.3 is 0 Å². The lowest BCUT2D eigenvalue weighted by Gasteiger charge is -2.43. The first-order chi connectivity index (χ1) is 16.7. The summed E-state index contributed by atoms with van der Waals surface area (Å²) in [6.45, 7) is 6.69. The molecular weight excluding hydrogens is 426 g/mol. The van der Waals surface area contributed by atoms with Crippen molar-refractivity contribution in [1.29, 1.82) is 0 Å². The van der Waals surface area contributed by atoms with Crippen molar-refractivity contribution in [3.05, 3.63) is 65.9 Å². The fraction of sp³-hybridized carbons (Fsp3) is 0.333. The van der Waals surface area contributed by atoms with Crippen LogP contribution in [-0.2, 0) is 11.2 Å². The van der Waals surface area contributed by atoms with Crippen LogP contribution in [0.25, 0.3) is 22.3 Å². The van der Waals surface area contributed by atoms with Crippen LogP contribution in [0.3, 0.4) is 0 Å². The zero-order chi connectivity index (χ0) is 23.1. The summed E-state index contributed by atoms with van der Waals surface area (Å²) < 4.78 is 5.34. The molecule has 7 nitrogen and oxygen atoms in total. The first-order valence-corrected chi connectivity index (χ1v) is 12.0. The second-order valence-corrected chi connectivity index (χ2v) is 9.30. The molecule has 2 fully saturated rings. The Morgan fingerprint density at radius 2 is 1.68 bits per heavy atom. The molecule has 1 amide bonds. The number of nitrogens with one attached hydrogen (secondary N) is 1. The zero-order valence-electron chi connectivity index (χ0n) is 19.2. The van der Waals surface area contributed by atoms with Crippen molar-refractivity contribution in [2.45, 2.75) is 12.5 Å². The lowest BCUT2D eigenvalue weighted by atomic mass is 9.94. The molecule has 0 radical (unpaired) electrons. The maximum absolute atomic E-state index is 12.1. The number of anilines is 2. The van der Waals surface area contributed by atoms with Crippen LogP contribution >= 0.6 is 0 Å². The van der Waals surface area contributed by atoms with Crippen LogP contribution in [0.2, 0.25) is 0 Å². The summed E-state index contributed by atoms with van der Waals surface area (Å²) in [5.74, 6) is 0.488. The molecule has 7 heteroatoms. The second kappa shape index (κ2) is 8.74. The normalized spacial score (nSPS) is 18.8. The van der Waals surface area contributed by atoms with Gasteiger partial charge in [-0.1, -0.05) is 24.3 Å². The van der Waals surface area contributed by atoms with Gasteiger partial charge in [0.25, 0.3) is 5.91 Å². The fourth-order valence-electron chi connectivity index (χ4n) is 5.10. The molecule has 3 aliphatic rings. The van der Waals surface area contributed by atoms with Crippen LogP contribution in [0.1, 0.15) is 15.9 Å². The van der Waals surface area contributed by atoms with Crippen molar-refractivity contribution in [2.24, 2.45) is 0 Å². The third-order valence-corrected chi connectivity index (χ3v) is 7.28. The highest BCUT2D eigenvalue weighted by molar-refractivity contribution is 5.97. The van der Waals surface area contributed by atoms with Gasteiger partial charge in [0.15, 0.2) is 0 Å². The first-order valence-electron chi connectivity index (χ1n) is 12.0. The third kappa shape index (κ3) is 3.91. The number of hydrogen-bond acceptors (Lipinski definition) is 6. The predicted octanol–water partition coefficient (Wildman–Crippen LogP) is 2.80. The van der Waals surface area contributed by atoms with Gasteiger partial charge in [0.2, 0.25) is 0 Å². The first kappa shape index (κ1) is 21.1. The number of carbonyl (C=O) groups is 1. The van der Waals surface area contributed by atoms with E-state index in [2.05, 4.69) is 56.5 Å². The van der Waals surface area contributed by atoms with Crippen molar-refractivity contribution in [3.8, 4) is 22.3 Å². The molecule has 3 aliphatic heterocycles. The van der Waals surface area contributed by atoms with Crippen LogP contribution < -0.4 is 16.0 Å². The number of nitrogens with two attached hydrogens (primary N) is 1. The Hall–Kier alpha value is -3.42. The highest BCUT2D eigenvalue weighted by Crippen LogP contribution is 2.32. The highest BCUT2D eigenvalue weighted by atomic mass is 16.5. The third-order valence-electron chi connectivity index (χ3n) is 7.28. The molecule has 0 spiro atoms. The number of nitrogens with zero attached hydrogens (tertiary/aromatic N) is 3. The molecule has 1 aromatic heterocycles. The van der Waals surface area contributed by atoms with E-state index >= 15 is 0 Å². The van der Waals surface area contributed by atoms with E-state index in [9.17, 15) is 4.79 Å². The summed E-state index contributed by atoms with van der Waals surface area (Å²) in [5, 5.41) is 2.89. The lowest BCUT2D eigenvalue weighted by molar-refractivity contribution is -0.0660. The minimum Gasteiger partial charge on any atom is -0.383 e. The van der Waals surface area contributed by atoms with E-state index in [4.69, 9.17) is 10.5 Å². The van der Waals surface area contributed by atoms with Gasteiger partial charge in [-0.05, 0) is 47.4 Å². The van der Waals surface area contributed by atoms with E-state index in [1.54, 1.807) is 0 Å². The standard InChI is InChI=1S/C27H29N5O2/c28-26-25(19-3-6-24-20(13-19)7-8-29-27(24)33)14-21(15-30-26)18-1-4-22(5-2-18)31-9-11-32(12-10-31)23-16-34-17-23/h1-6,13-15,23H,7-12,16-17H2,(H2,28,30)(H,29,33). The largest absolute Gasteiger partial charge is 0.383 e. The Balaban J connectivity index is 1.21. The zero-order valence-corrected chi connectivity index (χ0v) is 19.2. The molecule has 2 aromatic carbocycles. The average molecular weight is 456 g/mol. The molecule has 0 atom stereocenters. The summed E-state index contributed by atoms with van der Waals surface area (Å²) >= 11 is 0. The van der Waals surface area contributed by atoms with Gasteiger partial charge < -0.3 is 20.7 Å². The van der Waals surface area contributed by atoms with Gasteiger partial charge in [-0.3, -0.25) is 9.69 Å². The van der Waals surface area contributed by atoms with E-state index in [0.29, 0.717) is 18.4 Å². The molecule has 4 heterocycles. The molecule has 2 saturated heterocycles. The van der Waals surface area contributed by atoms with Crippen LogP contribution in [0, 0.1) is 0 Å². The van der Waals surface area contributed by atoms with Crippen LogP contribution in [-0.4, -0.2) is 67.8 Å². The Bertz CT molecular complexity index is 1210. The van der Waals surface area contributed by atoms with E-state index in [-0.39, 0.29) is 5.91 Å². The van der Waals surface area contributed by atoms with E-state index in [0.717, 1.165) is 79.2 Å². The monoisotopic (exact) mass is 455 g/mol. The Kier molecular flexibility index (Phi) is 5.43. The number of benzene rings is 2. The summed E-state index contributed by atoms with van der Waals surface area (Å²) in [6.07, 6.45) is 2.66. The molecule has 3 N–H and O–H groups in total. The molecule has 0 bridgehead atoms. The van der Waals surface area contributed by atoms with Crippen LogP contribution in [0.5, 0.6) is 0 Å². The fourth-order valence-corrected chi connectivity index (χ4v) is 5.10. The maximum atomic E-state index is 12.1. The summed E-state index contributed by atoms with van der Waals surface area (Å²) in [6, 6.07) is 17.4. The number of rotatable bonds is 4. The molecule has 3 aromatic rings. The minimum absolute atomic E-state index is 0.00814. The quantitative estimate of drug-likeness (QED) is 0.630. The number of amides is 1. The van der Waals surface area contributed by atoms with Crippen molar-refractivity contribution in [1.82, 2.24) is 15.2 Å². The topological polar surface area (TPSA) is 83.7 Å². The number of fused-ring (bicyclic) bond motifs is 1. The minimum atomic E-state index is -0.00814. The highest BCUT2D eigenvalue weighted by Gasteiger charge is 2.28. The molecule has 34 heavy (non-hydrogen) atoms. The SMILES string of the molecule is Nc1ncc(-c2ccc(N3CCN(C4COC4)CC3)cc2)cc1-c1ccc2c(c1)CCNC2=O. The maximum Gasteiger partial charge on any atom is 0.251 e. The number of aromatic nitrogens is 1. The number of carbonyl (C=O) groups excluding carboxylic acids is 1. The molecule has 174 valence electrons. The Morgan fingerprint density at radius 1 is 0.912 bits per heavy atom. The average Bonchev–Trinajstić information content (AvgIpc) is 2.84. The van der Waals surface area contributed by atoms with Crippen LogP contribution in [0.15, 0.2) is 54.7 Å². The van der Waals surface area contributed by atoms with Gasteiger partial charge in [0, 0.05) is 61.3 Å². The summed E-state index contributed by atoms with van der Waals surface area (Å²) in [7, 11) is 0. The van der Waals surface area contributed by atoms with E-state index in [1.165, 1.54) is 5.69 Å². The van der Waals surface area contributed by atoms with Gasteiger partial charge in [-0.25, -0.2) is 4.98 Å². The number of hydrogen-bond donors (Lipinski definition) is 2. The Morgan fingerprint density at radius 3 is 2.41 bits per heavy atom. The van der Waals surface area contributed by atoms with Crippen LogP contribution in [0.4, 0.5) is 11.5 Å². The van der Waals surface area contributed by atoms with Gasteiger partial charge in [-0.15, -0.1) is 0 Å². The van der Waals surface area contributed by atoms with Crippen molar-refractivity contribution in [3.63, 3.8) is 0 Å². The van der Waals surface area contributed by atoms with Gasteiger partial charge in [0.05, 0.1) is 19.3 Å². The van der Waals surface area contributed by atoms with Crippen molar-refractivity contribution >= 4 is 17.4 Å². The molecule has 0 aliphatic carbocycles. The Labute approximate surface area is 199 Å².